The normalized spacial score (nSPS) is 19.1. The van der Waals surface area contributed by atoms with Crippen molar-refractivity contribution in [2.75, 3.05) is 31.2 Å². The third-order valence-corrected chi connectivity index (χ3v) is 4.76. The van der Waals surface area contributed by atoms with Crippen molar-refractivity contribution in [3.63, 3.8) is 0 Å². The van der Waals surface area contributed by atoms with Crippen molar-refractivity contribution in [3.8, 4) is 0 Å². The molecule has 110 valence electrons. The van der Waals surface area contributed by atoms with E-state index in [1.165, 1.54) is 0 Å². The van der Waals surface area contributed by atoms with Gasteiger partial charge >= 0.3 is 0 Å². The maximum atomic E-state index is 11.5. The van der Waals surface area contributed by atoms with E-state index in [1.807, 2.05) is 0 Å². The summed E-state index contributed by atoms with van der Waals surface area (Å²) in [6, 6.07) is 0.399. The molecule has 20 heavy (non-hydrogen) atoms. The van der Waals surface area contributed by atoms with Gasteiger partial charge in [0.15, 0.2) is 0 Å². The van der Waals surface area contributed by atoms with Gasteiger partial charge in [-0.3, -0.25) is 9.59 Å². The van der Waals surface area contributed by atoms with Gasteiger partial charge in [-0.1, -0.05) is 0 Å². The summed E-state index contributed by atoms with van der Waals surface area (Å²) in [5.74, 6) is -1.31. The standard InChI is InChI=1S/C12H19N5O2S/c1-17-4-2-3-6(17)5-16-12-7(10(14)18)8(13)9(20-12)11(15)19/h6,16H,2-5,13H2,1H3,(H2,14,18)(H2,15,19). The van der Waals surface area contributed by atoms with Crippen molar-refractivity contribution in [1.82, 2.24) is 4.90 Å². The summed E-state index contributed by atoms with van der Waals surface area (Å²) >= 11 is 1.08. The first-order valence-electron chi connectivity index (χ1n) is 6.37. The average molecular weight is 297 g/mol. The van der Waals surface area contributed by atoms with Crippen LogP contribution in [-0.2, 0) is 0 Å². The number of carbonyl (C=O) groups is 2. The Morgan fingerprint density at radius 3 is 2.60 bits per heavy atom. The molecule has 8 heteroatoms. The third-order valence-electron chi connectivity index (χ3n) is 3.59. The molecule has 0 radical (unpaired) electrons. The number of nitrogens with two attached hydrogens (primary N) is 3. The number of nitrogens with zero attached hydrogens (tertiary/aromatic N) is 1. The van der Waals surface area contributed by atoms with Crippen molar-refractivity contribution >= 4 is 33.8 Å². The van der Waals surface area contributed by atoms with E-state index in [1.54, 1.807) is 0 Å². The summed E-state index contributed by atoms with van der Waals surface area (Å²) in [5.41, 5.74) is 16.6. The second-order valence-electron chi connectivity index (χ2n) is 4.94. The molecule has 0 saturated carbocycles. The summed E-state index contributed by atoms with van der Waals surface area (Å²) in [6.45, 7) is 1.74. The smallest absolute Gasteiger partial charge is 0.260 e. The largest absolute Gasteiger partial charge is 0.397 e. The van der Waals surface area contributed by atoms with E-state index in [0.29, 0.717) is 17.6 Å². The lowest BCUT2D eigenvalue weighted by atomic mass is 10.2. The number of hydrogen-bond acceptors (Lipinski definition) is 6. The number of hydrogen-bond donors (Lipinski definition) is 4. The van der Waals surface area contributed by atoms with Gasteiger partial charge in [0, 0.05) is 12.6 Å². The minimum Gasteiger partial charge on any atom is -0.397 e. The second-order valence-corrected chi connectivity index (χ2v) is 5.96. The highest BCUT2D eigenvalue weighted by Crippen LogP contribution is 2.35. The summed E-state index contributed by atoms with van der Waals surface area (Å²) < 4.78 is 0. The monoisotopic (exact) mass is 297 g/mol. The first kappa shape index (κ1) is 14.6. The molecule has 7 N–H and O–H groups in total. The highest BCUT2D eigenvalue weighted by molar-refractivity contribution is 7.19. The van der Waals surface area contributed by atoms with Gasteiger partial charge in [-0.2, -0.15) is 0 Å². The minimum atomic E-state index is -0.659. The Kier molecular flexibility index (Phi) is 4.15. The fourth-order valence-corrected chi connectivity index (χ4v) is 3.43. The SMILES string of the molecule is CN1CCCC1CNc1sc(C(N)=O)c(N)c1C(N)=O. The Bertz CT molecular complexity index is 542. The molecule has 2 rings (SSSR count). The van der Waals surface area contributed by atoms with E-state index < -0.39 is 11.8 Å². The molecular weight excluding hydrogens is 278 g/mol. The Balaban J connectivity index is 2.20. The Morgan fingerprint density at radius 1 is 1.40 bits per heavy atom. The Morgan fingerprint density at radius 2 is 2.10 bits per heavy atom. The maximum Gasteiger partial charge on any atom is 0.260 e. The number of amides is 2. The van der Waals surface area contributed by atoms with Gasteiger partial charge in [0.2, 0.25) is 0 Å². The molecule has 0 aliphatic carbocycles. The van der Waals surface area contributed by atoms with Crippen LogP contribution in [0.3, 0.4) is 0 Å². The topological polar surface area (TPSA) is 127 Å². The molecule has 0 bridgehead atoms. The van der Waals surface area contributed by atoms with Crippen LogP contribution in [0.5, 0.6) is 0 Å². The lowest BCUT2D eigenvalue weighted by Crippen LogP contribution is -2.31. The number of carbonyl (C=O) groups excluding carboxylic acids is 2. The van der Waals surface area contributed by atoms with Crippen molar-refractivity contribution in [2.24, 2.45) is 11.5 Å². The van der Waals surface area contributed by atoms with E-state index in [2.05, 4.69) is 17.3 Å². The summed E-state index contributed by atoms with van der Waals surface area (Å²) in [5, 5.41) is 3.69. The number of likely N-dealkylation sites (tertiary alicyclic amines) is 1. The zero-order chi connectivity index (χ0) is 14.9. The molecule has 1 aromatic heterocycles. The zero-order valence-electron chi connectivity index (χ0n) is 11.3. The highest BCUT2D eigenvalue weighted by Gasteiger charge is 2.25. The van der Waals surface area contributed by atoms with Gasteiger partial charge in [-0.15, -0.1) is 11.3 Å². The van der Waals surface area contributed by atoms with Gasteiger partial charge in [-0.05, 0) is 26.4 Å². The van der Waals surface area contributed by atoms with Gasteiger partial charge in [0.1, 0.15) is 9.88 Å². The number of nitrogen functional groups attached to an aromatic ring is 1. The minimum absolute atomic E-state index is 0.0669. The van der Waals surface area contributed by atoms with Crippen LogP contribution < -0.4 is 22.5 Å². The first-order valence-corrected chi connectivity index (χ1v) is 7.19. The first-order chi connectivity index (χ1) is 9.41. The quantitative estimate of drug-likeness (QED) is 0.610. The molecule has 7 nitrogen and oxygen atoms in total. The molecule has 1 aliphatic heterocycles. The van der Waals surface area contributed by atoms with E-state index in [0.717, 1.165) is 30.7 Å². The number of anilines is 2. The van der Waals surface area contributed by atoms with Crippen molar-refractivity contribution in [3.05, 3.63) is 10.4 Å². The summed E-state index contributed by atoms with van der Waals surface area (Å²) in [4.78, 5) is 25.2. The summed E-state index contributed by atoms with van der Waals surface area (Å²) in [6.07, 6.45) is 2.25. The van der Waals surface area contributed by atoms with Crippen molar-refractivity contribution in [1.29, 1.82) is 0 Å². The Hall–Kier alpha value is -1.80. The van der Waals surface area contributed by atoms with Crippen LogP contribution in [0.4, 0.5) is 10.7 Å². The van der Waals surface area contributed by atoms with Crippen molar-refractivity contribution in [2.45, 2.75) is 18.9 Å². The molecule has 1 aliphatic rings. The van der Waals surface area contributed by atoms with E-state index in [4.69, 9.17) is 17.2 Å². The third kappa shape index (κ3) is 2.70. The van der Waals surface area contributed by atoms with Crippen LogP contribution in [0.1, 0.15) is 32.9 Å². The van der Waals surface area contributed by atoms with Crippen LogP contribution in [0, 0.1) is 0 Å². The second kappa shape index (κ2) is 5.68. The number of nitrogens with one attached hydrogen (secondary N) is 1. The van der Waals surface area contributed by atoms with Crippen LogP contribution in [0.15, 0.2) is 0 Å². The number of primary amides is 2. The molecule has 0 spiro atoms. The van der Waals surface area contributed by atoms with E-state index >= 15 is 0 Å². The Labute approximate surface area is 121 Å². The predicted octanol–water partition coefficient (Wildman–Crippen LogP) is 0.0342. The molecule has 1 fully saturated rings. The molecule has 1 unspecified atom stereocenters. The van der Waals surface area contributed by atoms with E-state index in [-0.39, 0.29) is 16.1 Å². The number of thiophene rings is 1. The van der Waals surface area contributed by atoms with Crippen molar-refractivity contribution < 1.29 is 9.59 Å². The van der Waals surface area contributed by atoms with Crippen LogP contribution in [-0.4, -0.2) is 42.9 Å². The molecule has 1 saturated heterocycles. The lowest BCUT2D eigenvalue weighted by Gasteiger charge is -2.20. The molecular formula is C12H19N5O2S. The summed E-state index contributed by atoms with van der Waals surface area (Å²) in [7, 11) is 2.06. The number of rotatable bonds is 5. The van der Waals surface area contributed by atoms with Gasteiger partial charge < -0.3 is 27.4 Å². The highest BCUT2D eigenvalue weighted by atomic mass is 32.1. The van der Waals surface area contributed by atoms with Crippen LogP contribution in [0.2, 0.25) is 0 Å². The van der Waals surface area contributed by atoms with E-state index in [9.17, 15) is 9.59 Å². The average Bonchev–Trinajstić information content (AvgIpc) is 2.90. The molecule has 2 amide bonds. The predicted molar refractivity (Wildman–Crippen MR) is 79.9 cm³/mol. The molecule has 2 heterocycles. The van der Waals surface area contributed by atoms with Crippen LogP contribution in [0.25, 0.3) is 0 Å². The maximum absolute atomic E-state index is 11.5. The molecule has 1 atom stereocenters. The van der Waals surface area contributed by atoms with Gasteiger partial charge in [0.05, 0.1) is 11.3 Å². The zero-order valence-corrected chi connectivity index (χ0v) is 12.1. The number of likely N-dealkylation sites (N-methyl/N-ethyl adjacent to an activating group) is 1. The van der Waals surface area contributed by atoms with Crippen LogP contribution >= 0.6 is 11.3 Å². The molecule has 1 aromatic rings. The van der Waals surface area contributed by atoms with Gasteiger partial charge in [0.25, 0.3) is 11.8 Å². The van der Waals surface area contributed by atoms with Gasteiger partial charge in [-0.25, -0.2) is 0 Å². The fourth-order valence-electron chi connectivity index (χ4n) is 2.44. The lowest BCUT2D eigenvalue weighted by molar-refractivity contribution is 0.0999. The fraction of sp³-hybridized carbons (Fsp3) is 0.500. The molecule has 0 aromatic carbocycles.